The number of hydrogen-bond acceptors (Lipinski definition) is 4. The molecule has 1 aromatic carbocycles. The van der Waals surface area contributed by atoms with Gasteiger partial charge in [-0.2, -0.15) is 0 Å². The van der Waals surface area contributed by atoms with E-state index in [1.807, 2.05) is 12.3 Å². The van der Waals surface area contributed by atoms with Gasteiger partial charge in [0.05, 0.1) is 6.04 Å². The summed E-state index contributed by atoms with van der Waals surface area (Å²) in [4.78, 5) is 4.30. The summed E-state index contributed by atoms with van der Waals surface area (Å²) in [5, 5.41) is 2.64. The molecule has 1 aromatic heterocycles. The van der Waals surface area contributed by atoms with E-state index < -0.39 is 0 Å². The van der Waals surface area contributed by atoms with Crippen LogP contribution in [0.4, 0.5) is 5.82 Å². The van der Waals surface area contributed by atoms with E-state index >= 15 is 0 Å². The molecule has 0 spiro atoms. The molecule has 0 saturated carbocycles. The Morgan fingerprint density at radius 3 is 2.56 bits per heavy atom. The van der Waals surface area contributed by atoms with Crippen LogP contribution in [0.3, 0.4) is 0 Å². The Morgan fingerprint density at radius 2 is 1.93 bits per heavy atom. The second-order valence-electron chi connectivity index (χ2n) is 7.67. The molecule has 146 valence electrons. The molecule has 0 fully saturated rings. The quantitative estimate of drug-likeness (QED) is 0.652. The monoisotopic (exact) mass is 386 g/mol. The lowest BCUT2D eigenvalue weighted by Crippen LogP contribution is -2.48. The summed E-state index contributed by atoms with van der Waals surface area (Å²) in [5.74, 6) is 1.17. The average Bonchev–Trinajstić information content (AvgIpc) is 2.67. The van der Waals surface area contributed by atoms with Crippen LogP contribution in [0, 0.1) is 5.92 Å². The number of halogens is 1. The minimum atomic E-state index is 0.0926. The maximum atomic E-state index is 6.19. The van der Waals surface area contributed by atoms with E-state index in [9.17, 15) is 0 Å². The van der Waals surface area contributed by atoms with Crippen LogP contribution in [0.1, 0.15) is 68.8 Å². The van der Waals surface area contributed by atoms with Gasteiger partial charge in [0.15, 0.2) is 0 Å². The summed E-state index contributed by atoms with van der Waals surface area (Å²) in [7, 11) is 0. The highest BCUT2D eigenvalue weighted by Gasteiger charge is 2.32. The average molecular weight is 387 g/mol. The highest BCUT2D eigenvalue weighted by molar-refractivity contribution is 6.20. The topological polar surface area (TPSA) is 54.2 Å². The van der Waals surface area contributed by atoms with Crippen LogP contribution < -0.4 is 11.2 Å². The van der Waals surface area contributed by atoms with E-state index in [0.717, 1.165) is 31.4 Å². The van der Waals surface area contributed by atoms with E-state index in [1.165, 1.54) is 11.1 Å². The van der Waals surface area contributed by atoms with Gasteiger partial charge in [-0.1, -0.05) is 43.7 Å². The van der Waals surface area contributed by atoms with Crippen LogP contribution in [-0.2, 0) is 0 Å². The van der Waals surface area contributed by atoms with E-state index in [-0.39, 0.29) is 11.4 Å². The van der Waals surface area contributed by atoms with Gasteiger partial charge >= 0.3 is 0 Å². The maximum Gasteiger partial charge on any atom is 0.123 e. The van der Waals surface area contributed by atoms with Gasteiger partial charge in [-0.15, -0.1) is 11.6 Å². The lowest BCUT2D eigenvalue weighted by Gasteiger charge is -2.42. The van der Waals surface area contributed by atoms with Crippen LogP contribution >= 0.6 is 11.6 Å². The highest BCUT2D eigenvalue weighted by Crippen LogP contribution is 2.36. The summed E-state index contributed by atoms with van der Waals surface area (Å²) in [6, 6.07) is 13.0. The number of pyridine rings is 1. The van der Waals surface area contributed by atoms with Crippen molar-refractivity contribution < 1.29 is 0 Å². The van der Waals surface area contributed by atoms with E-state index in [4.69, 9.17) is 17.3 Å². The van der Waals surface area contributed by atoms with Gasteiger partial charge in [0.25, 0.3) is 0 Å². The molecule has 4 nitrogen and oxygen atoms in total. The van der Waals surface area contributed by atoms with Gasteiger partial charge in [-0.3, -0.25) is 0 Å². The Morgan fingerprint density at radius 1 is 1.19 bits per heavy atom. The van der Waals surface area contributed by atoms with Gasteiger partial charge in [0.2, 0.25) is 0 Å². The molecule has 0 bridgehead atoms. The lowest BCUT2D eigenvalue weighted by molar-refractivity contribution is 0.0760. The van der Waals surface area contributed by atoms with E-state index in [0.29, 0.717) is 17.8 Å². The summed E-state index contributed by atoms with van der Waals surface area (Å²) < 4.78 is 0. The molecule has 0 radical (unpaired) electrons. The number of nitrogens with two attached hydrogens (primary N) is 1. The molecule has 4 atom stereocenters. The molecule has 0 aliphatic carbocycles. The second kappa shape index (κ2) is 9.05. The Bertz CT molecular complexity index is 731. The van der Waals surface area contributed by atoms with E-state index in [2.05, 4.69) is 66.5 Å². The largest absolute Gasteiger partial charge is 0.384 e. The fourth-order valence-electron chi connectivity index (χ4n) is 3.89. The van der Waals surface area contributed by atoms with Crippen molar-refractivity contribution >= 4 is 17.4 Å². The molecule has 1 aliphatic heterocycles. The molecule has 0 saturated heterocycles. The normalized spacial score (nSPS) is 22.2. The number of nitrogen functional groups attached to an aromatic ring is 1. The van der Waals surface area contributed by atoms with Gasteiger partial charge in [-0.25, -0.2) is 15.4 Å². The second-order valence-corrected chi connectivity index (χ2v) is 8.41. The summed E-state index contributed by atoms with van der Waals surface area (Å²) >= 11 is 6.19. The Balaban J connectivity index is 1.85. The third-order valence-corrected chi connectivity index (χ3v) is 5.89. The first-order chi connectivity index (χ1) is 13.0. The Labute approximate surface area is 168 Å². The molecule has 5 heteroatoms. The molecule has 27 heavy (non-hydrogen) atoms. The van der Waals surface area contributed by atoms with Crippen molar-refractivity contribution in [1.82, 2.24) is 15.4 Å². The number of aromatic nitrogens is 1. The van der Waals surface area contributed by atoms with Crippen molar-refractivity contribution in [2.75, 3.05) is 12.3 Å². The number of hydrogen-bond donors (Lipinski definition) is 2. The lowest BCUT2D eigenvalue weighted by atomic mass is 9.89. The van der Waals surface area contributed by atoms with Crippen LogP contribution in [0.5, 0.6) is 0 Å². The number of nitrogens with zero attached hydrogens (tertiary/aromatic N) is 2. The predicted molar refractivity (Wildman–Crippen MR) is 114 cm³/mol. The molecule has 2 heterocycles. The van der Waals surface area contributed by atoms with Crippen molar-refractivity contribution in [2.24, 2.45) is 5.92 Å². The number of nitrogens with one attached hydrogen (secondary N) is 1. The van der Waals surface area contributed by atoms with Crippen LogP contribution in [-0.4, -0.2) is 21.9 Å². The molecular formula is C22H31ClN4. The van der Waals surface area contributed by atoms with Crippen molar-refractivity contribution in [3.05, 3.63) is 59.3 Å². The molecule has 0 amide bonds. The van der Waals surface area contributed by atoms with Crippen LogP contribution in [0.15, 0.2) is 42.6 Å². The smallest absolute Gasteiger partial charge is 0.123 e. The first-order valence-electron chi connectivity index (χ1n) is 9.96. The molecular weight excluding hydrogens is 356 g/mol. The summed E-state index contributed by atoms with van der Waals surface area (Å²) in [5.41, 5.74) is 13.4. The zero-order chi connectivity index (χ0) is 19.4. The molecule has 3 rings (SSSR count). The highest BCUT2D eigenvalue weighted by atomic mass is 35.5. The van der Waals surface area contributed by atoms with Crippen LogP contribution in [0.25, 0.3) is 0 Å². The minimum Gasteiger partial charge on any atom is -0.384 e. The SMILES string of the molecule is CCC(CCC(C)Cl)CN1NC(c2ccc(N)nc2)c2ccccc2C1C. The number of fused-ring (bicyclic) bond motifs is 1. The number of anilines is 1. The summed E-state index contributed by atoms with van der Waals surface area (Å²) in [6.45, 7) is 7.64. The van der Waals surface area contributed by atoms with Crippen molar-refractivity contribution in [3.8, 4) is 0 Å². The van der Waals surface area contributed by atoms with E-state index in [1.54, 1.807) is 0 Å². The third kappa shape index (κ3) is 4.81. The predicted octanol–water partition coefficient (Wildman–Crippen LogP) is 5.07. The number of alkyl halides is 1. The maximum absolute atomic E-state index is 6.19. The van der Waals surface area contributed by atoms with Crippen molar-refractivity contribution in [3.63, 3.8) is 0 Å². The number of hydrazine groups is 1. The van der Waals surface area contributed by atoms with Crippen molar-refractivity contribution in [1.29, 1.82) is 0 Å². The zero-order valence-electron chi connectivity index (χ0n) is 16.5. The molecule has 1 aliphatic rings. The van der Waals surface area contributed by atoms with Crippen LogP contribution in [0.2, 0.25) is 0 Å². The minimum absolute atomic E-state index is 0.0926. The number of benzene rings is 1. The van der Waals surface area contributed by atoms with Gasteiger partial charge < -0.3 is 5.73 Å². The fourth-order valence-corrected chi connectivity index (χ4v) is 4.02. The molecule has 4 unspecified atom stereocenters. The molecule has 3 N–H and O–H groups in total. The van der Waals surface area contributed by atoms with Gasteiger partial charge in [0.1, 0.15) is 5.82 Å². The first kappa shape index (κ1) is 20.1. The summed E-state index contributed by atoms with van der Waals surface area (Å²) in [6.07, 6.45) is 5.25. The standard InChI is InChI=1S/C22H31ClN4/c1-4-17(10-9-15(2)23)14-27-16(3)19-7-5-6-8-20(19)22(26-27)18-11-12-21(24)25-13-18/h5-8,11-13,15-17,22,26H,4,9-10,14H2,1-3H3,(H2,24,25). The fraction of sp³-hybridized carbons (Fsp3) is 0.500. The van der Waals surface area contributed by atoms with Gasteiger partial charge in [0, 0.05) is 24.2 Å². The Hall–Kier alpha value is -1.62. The van der Waals surface area contributed by atoms with Crippen molar-refractivity contribution in [2.45, 2.75) is 57.5 Å². The number of rotatable bonds is 7. The third-order valence-electron chi connectivity index (χ3n) is 5.67. The first-order valence-corrected chi connectivity index (χ1v) is 10.4. The van der Waals surface area contributed by atoms with Gasteiger partial charge in [-0.05, 0) is 55.4 Å². The molecule has 2 aromatic rings. The zero-order valence-corrected chi connectivity index (χ0v) is 17.3. The Kier molecular flexibility index (Phi) is 6.74.